The molecule has 10 heteroatoms. The van der Waals surface area contributed by atoms with Gasteiger partial charge in [0.15, 0.2) is 11.6 Å². The van der Waals surface area contributed by atoms with Crippen LogP contribution in [0, 0.1) is 5.92 Å². The summed E-state index contributed by atoms with van der Waals surface area (Å²) in [6.07, 6.45) is 2.97. The first-order valence-electron chi connectivity index (χ1n) is 9.34. The van der Waals surface area contributed by atoms with Gasteiger partial charge in [0, 0.05) is 17.6 Å². The Balaban J connectivity index is 1.70. The van der Waals surface area contributed by atoms with Crippen molar-refractivity contribution in [3.8, 4) is 0 Å². The maximum atomic E-state index is 12.4. The molecule has 1 unspecified atom stereocenters. The zero-order valence-electron chi connectivity index (χ0n) is 16.0. The van der Waals surface area contributed by atoms with Crippen LogP contribution in [-0.4, -0.2) is 41.5 Å². The highest BCUT2D eigenvalue weighted by Gasteiger charge is 2.29. The fraction of sp³-hybridized carbons (Fsp3) is 0.368. The van der Waals surface area contributed by atoms with Crippen LogP contribution in [0.2, 0.25) is 0 Å². The van der Waals surface area contributed by atoms with Crippen molar-refractivity contribution in [2.75, 3.05) is 35.8 Å². The number of esters is 1. The molecule has 154 valence electrons. The maximum absolute atomic E-state index is 12.4. The molecule has 2 aromatic rings. The third-order valence-electron chi connectivity index (χ3n) is 4.62. The molecule has 1 aromatic carbocycles. The monoisotopic (exact) mass is 462 g/mol. The summed E-state index contributed by atoms with van der Waals surface area (Å²) in [5.74, 6) is 0.0474. The number of anilines is 3. The van der Waals surface area contributed by atoms with Gasteiger partial charge in [0.2, 0.25) is 0 Å². The molecule has 1 fully saturated rings. The number of halogens is 1. The molecule has 9 nitrogen and oxygen atoms in total. The molecule has 0 radical (unpaired) electrons. The van der Waals surface area contributed by atoms with Crippen LogP contribution in [0.4, 0.5) is 17.3 Å². The third kappa shape index (κ3) is 4.94. The molecule has 0 bridgehead atoms. The normalized spacial score (nSPS) is 16.2. The number of nitrogens with one attached hydrogen (secondary N) is 2. The van der Waals surface area contributed by atoms with Gasteiger partial charge in [0.1, 0.15) is 12.0 Å². The van der Waals surface area contributed by atoms with Crippen molar-refractivity contribution >= 4 is 45.1 Å². The highest BCUT2D eigenvalue weighted by atomic mass is 79.9. The molecular weight excluding hydrogens is 440 g/mol. The second-order valence-electron chi connectivity index (χ2n) is 6.56. The molecule has 1 saturated heterocycles. The van der Waals surface area contributed by atoms with Crippen LogP contribution < -0.4 is 21.5 Å². The molecule has 29 heavy (non-hydrogen) atoms. The number of benzene rings is 1. The standard InChI is InChI=1S/C19H23BrN6O3/c1-2-29-19(28)12-6-5-9-26(10-12)17-15(21)16(22-11-23-17)24-25-18(27)13-7-3-4-8-14(13)20/h3-4,7-8,11-12H,2,5-6,9-10,21H2,1H3,(H,25,27)(H,22,23,24). The van der Waals surface area contributed by atoms with Crippen molar-refractivity contribution in [3.05, 3.63) is 40.6 Å². The summed E-state index contributed by atoms with van der Waals surface area (Å²) in [7, 11) is 0. The lowest BCUT2D eigenvalue weighted by Gasteiger charge is -2.33. The molecule has 0 saturated carbocycles. The van der Waals surface area contributed by atoms with Crippen LogP contribution in [0.25, 0.3) is 0 Å². The maximum Gasteiger partial charge on any atom is 0.310 e. The molecule has 1 aliphatic rings. The van der Waals surface area contributed by atoms with Crippen molar-refractivity contribution < 1.29 is 14.3 Å². The Morgan fingerprint density at radius 1 is 1.34 bits per heavy atom. The number of nitrogen functional groups attached to an aromatic ring is 1. The van der Waals surface area contributed by atoms with E-state index in [0.29, 0.717) is 34.7 Å². The molecular formula is C19H23BrN6O3. The molecule has 0 aliphatic carbocycles. The number of nitrogens with zero attached hydrogens (tertiary/aromatic N) is 3. The number of rotatable bonds is 6. The van der Waals surface area contributed by atoms with E-state index in [4.69, 9.17) is 10.5 Å². The van der Waals surface area contributed by atoms with E-state index in [2.05, 4.69) is 36.7 Å². The number of nitrogens with two attached hydrogens (primary N) is 1. The Morgan fingerprint density at radius 3 is 2.90 bits per heavy atom. The van der Waals surface area contributed by atoms with Crippen LogP contribution in [0.15, 0.2) is 35.1 Å². The quantitative estimate of drug-likeness (QED) is 0.441. The topological polar surface area (TPSA) is 122 Å². The predicted molar refractivity (Wildman–Crippen MR) is 113 cm³/mol. The van der Waals surface area contributed by atoms with E-state index in [1.165, 1.54) is 6.33 Å². The second-order valence-corrected chi connectivity index (χ2v) is 7.41. The number of ether oxygens (including phenoxy) is 1. The highest BCUT2D eigenvalue weighted by Crippen LogP contribution is 2.30. The van der Waals surface area contributed by atoms with Crippen molar-refractivity contribution in [2.24, 2.45) is 5.92 Å². The number of carbonyl (C=O) groups excluding carboxylic acids is 2. The number of hydrogen-bond acceptors (Lipinski definition) is 8. The minimum Gasteiger partial charge on any atom is -0.466 e. The first-order chi connectivity index (χ1) is 14.0. The molecule has 1 aromatic heterocycles. The summed E-state index contributed by atoms with van der Waals surface area (Å²) < 4.78 is 5.82. The van der Waals surface area contributed by atoms with E-state index < -0.39 is 0 Å². The van der Waals surface area contributed by atoms with Gasteiger partial charge in [-0.25, -0.2) is 9.97 Å². The SMILES string of the molecule is CCOC(=O)C1CCCN(c2ncnc(NNC(=O)c3ccccc3Br)c2N)C1. The van der Waals surface area contributed by atoms with Crippen LogP contribution in [0.3, 0.4) is 0 Å². The molecule has 4 N–H and O–H groups in total. The fourth-order valence-electron chi connectivity index (χ4n) is 3.19. The minimum atomic E-state index is -0.336. The smallest absolute Gasteiger partial charge is 0.310 e. The molecule has 1 atom stereocenters. The molecule has 3 rings (SSSR count). The van der Waals surface area contributed by atoms with Gasteiger partial charge in [-0.05, 0) is 47.8 Å². The number of carbonyl (C=O) groups is 2. The first-order valence-corrected chi connectivity index (χ1v) is 10.1. The van der Waals surface area contributed by atoms with Gasteiger partial charge in [0.05, 0.1) is 18.1 Å². The van der Waals surface area contributed by atoms with Crippen molar-refractivity contribution in [2.45, 2.75) is 19.8 Å². The van der Waals surface area contributed by atoms with Crippen molar-refractivity contribution in [3.63, 3.8) is 0 Å². The van der Waals surface area contributed by atoms with E-state index in [-0.39, 0.29) is 23.6 Å². The van der Waals surface area contributed by atoms with E-state index in [9.17, 15) is 9.59 Å². The summed E-state index contributed by atoms with van der Waals surface area (Å²) in [6, 6.07) is 7.07. The van der Waals surface area contributed by atoms with Gasteiger partial charge in [-0.1, -0.05) is 12.1 Å². The van der Waals surface area contributed by atoms with Crippen molar-refractivity contribution in [1.29, 1.82) is 0 Å². The Labute approximate surface area is 177 Å². The average molecular weight is 463 g/mol. The Hall–Kier alpha value is -2.88. The number of piperidine rings is 1. The zero-order chi connectivity index (χ0) is 20.8. The number of hydrogen-bond donors (Lipinski definition) is 3. The van der Waals surface area contributed by atoms with Gasteiger partial charge in [-0.15, -0.1) is 0 Å². The summed E-state index contributed by atoms with van der Waals surface area (Å²) in [5, 5.41) is 0. The van der Waals surface area contributed by atoms with E-state index in [0.717, 1.165) is 19.4 Å². The van der Waals surface area contributed by atoms with E-state index in [1.54, 1.807) is 25.1 Å². The first kappa shape index (κ1) is 20.8. The van der Waals surface area contributed by atoms with Gasteiger partial charge in [-0.2, -0.15) is 0 Å². The molecule has 2 heterocycles. The average Bonchev–Trinajstić information content (AvgIpc) is 2.73. The second kappa shape index (κ2) is 9.55. The Kier molecular flexibility index (Phi) is 6.86. The van der Waals surface area contributed by atoms with E-state index in [1.807, 2.05) is 11.0 Å². The van der Waals surface area contributed by atoms with Gasteiger partial charge >= 0.3 is 5.97 Å². The zero-order valence-corrected chi connectivity index (χ0v) is 17.6. The summed E-state index contributed by atoms with van der Waals surface area (Å²) in [5.41, 5.74) is 12.4. The van der Waals surface area contributed by atoms with Gasteiger partial charge in [0.25, 0.3) is 5.91 Å². The van der Waals surface area contributed by atoms with Gasteiger partial charge < -0.3 is 15.4 Å². The van der Waals surface area contributed by atoms with Crippen LogP contribution in [0.5, 0.6) is 0 Å². The predicted octanol–water partition coefficient (Wildman–Crippen LogP) is 2.36. The highest BCUT2D eigenvalue weighted by molar-refractivity contribution is 9.10. The Morgan fingerprint density at radius 2 is 2.14 bits per heavy atom. The molecule has 0 spiro atoms. The third-order valence-corrected chi connectivity index (χ3v) is 5.31. The van der Waals surface area contributed by atoms with Crippen LogP contribution >= 0.6 is 15.9 Å². The lowest BCUT2D eigenvalue weighted by atomic mass is 9.98. The lowest BCUT2D eigenvalue weighted by Crippen LogP contribution is -2.40. The van der Waals surface area contributed by atoms with Crippen LogP contribution in [0.1, 0.15) is 30.1 Å². The lowest BCUT2D eigenvalue weighted by molar-refractivity contribution is -0.148. The Bertz CT molecular complexity index is 894. The van der Waals surface area contributed by atoms with Crippen LogP contribution in [-0.2, 0) is 9.53 Å². The summed E-state index contributed by atoms with van der Waals surface area (Å²) >= 11 is 3.35. The summed E-state index contributed by atoms with van der Waals surface area (Å²) in [6.45, 7) is 3.35. The van der Waals surface area contributed by atoms with E-state index >= 15 is 0 Å². The number of hydrazine groups is 1. The minimum absolute atomic E-state index is 0.205. The largest absolute Gasteiger partial charge is 0.466 e. The number of amides is 1. The summed E-state index contributed by atoms with van der Waals surface area (Å²) in [4.78, 5) is 34.8. The molecule has 1 aliphatic heterocycles. The van der Waals surface area contributed by atoms with Crippen molar-refractivity contribution in [1.82, 2.24) is 15.4 Å². The van der Waals surface area contributed by atoms with Gasteiger partial charge in [-0.3, -0.25) is 20.4 Å². The molecule has 1 amide bonds. The fourth-order valence-corrected chi connectivity index (χ4v) is 3.65. The number of aromatic nitrogens is 2.